The third-order valence-corrected chi connectivity index (χ3v) is 4.80. The molecule has 150 valence electrons. The fourth-order valence-electron chi connectivity index (χ4n) is 3.00. The van der Waals surface area contributed by atoms with Crippen molar-refractivity contribution in [2.45, 2.75) is 20.3 Å². The first kappa shape index (κ1) is 20.1. The Kier molecular flexibility index (Phi) is 5.97. The number of esters is 1. The predicted octanol–water partition coefficient (Wildman–Crippen LogP) is 2.87. The van der Waals surface area contributed by atoms with Crippen molar-refractivity contribution in [1.82, 2.24) is 10.3 Å². The molecule has 7 heteroatoms. The monoisotopic (exact) mass is 393 g/mol. The van der Waals surface area contributed by atoms with Gasteiger partial charge in [-0.1, -0.05) is 12.1 Å². The number of rotatable bonds is 6. The minimum absolute atomic E-state index is 0.133. The molecule has 1 heterocycles. The number of amides is 2. The van der Waals surface area contributed by atoms with Gasteiger partial charge in [-0.05, 0) is 55.3 Å². The molecule has 1 aromatic heterocycles. The molecule has 0 bridgehead atoms. The van der Waals surface area contributed by atoms with Gasteiger partial charge in [-0.15, -0.1) is 0 Å². The number of ether oxygens (including phenoxy) is 1. The zero-order chi connectivity index (χ0) is 21.0. The smallest absolute Gasteiger partial charge is 0.325 e. The second-order valence-corrected chi connectivity index (χ2v) is 6.82. The van der Waals surface area contributed by atoms with Crippen LogP contribution in [0.2, 0.25) is 0 Å². The average molecular weight is 393 g/mol. The minimum Gasteiger partial charge on any atom is -0.468 e. The Hall–Kier alpha value is -3.61. The molecule has 0 saturated heterocycles. The van der Waals surface area contributed by atoms with E-state index in [1.165, 1.54) is 7.11 Å². The van der Waals surface area contributed by atoms with Crippen molar-refractivity contribution in [2.24, 2.45) is 0 Å². The van der Waals surface area contributed by atoms with E-state index in [2.05, 4.69) is 20.4 Å². The normalized spacial score (nSPS) is 10.6. The number of fused-ring (bicyclic) bond motifs is 1. The van der Waals surface area contributed by atoms with Gasteiger partial charge in [0.05, 0.1) is 13.5 Å². The SMILES string of the molecule is COC(=O)CNC(=O)Cc1ccc(NC(=O)c2ccc3[nH]c(C)c(C)c3c2)cc1. The van der Waals surface area contributed by atoms with Crippen molar-refractivity contribution < 1.29 is 19.1 Å². The fraction of sp³-hybridized carbons (Fsp3) is 0.227. The standard InChI is InChI=1S/C22H23N3O4/c1-13-14(2)24-19-9-6-16(11-18(13)19)22(28)25-17-7-4-15(5-8-17)10-20(26)23-12-21(27)29-3/h4-9,11,24H,10,12H2,1-3H3,(H,23,26)(H,25,28). The van der Waals surface area contributed by atoms with Crippen LogP contribution in [0.3, 0.4) is 0 Å². The van der Waals surface area contributed by atoms with Crippen molar-refractivity contribution in [3.8, 4) is 0 Å². The Morgan fingerprint density at radius 3 is 2.45 bits per heavy atom. The molecular formula is C22H23N3O4. The first-order valence-electron chi connectivity index (χ1n) is 9.20. The first-order valence-corrected chi connectivity index (χ1v) is 9.20. The molecule has 0 spiro atoms. The van der Waals surface area contributed by atoms with Crippen molar-refractivity contribution >= 4 is 34.4 Å². The van der Waals surface area contributed by atoms with Gasteiger partial charge in [0, 0.05) is 27.8 Å². The van der Waals surface area contributed by atoms with Crippen LogP contribution in [0.1, 0.15) is 27.2 Å². The van der Waals surface area contributed by atoms with Gasteiger partial charge in [0.2, 0.25) is 5.91 Å². The van der Waals surface area contributed by atoms with E-state index in [9.17, 15) is 14.4 Å². The van der Waals surface area contributed by atoms with Crippen LogP contribution in [0.5, 0.6) is 0 Å². The van der Waals surface area contributed by atoms with E-state index in [0.717, 1.165) is 27.7 Å². The lowest BCUT2D eigenvalue weighted by Crippen LogP contribution is -2.31. The van der Waals surface area contributed by atoms with E-state index in [4.69, 9.17) is 0 Å². The van der Waals surface area contributed by atoms with Gasteiger partial charge in [0.15, 0.2) is 0 Å². The number of hydrogen-bond acceptors (Lipinski definition) is 4. The molecule has 0 radical (unpaired) electrons. The fourth-order valence-corrected chi connectivity index (χ4v) is 3.00. The van der Waals surface area contributed by atoms with Crippen LogP contribution in [0.4, 0.5) is 5.69 Å². The van der Waals surface area contributed by atoms with E-state index >= 15 is 0 Å². The first-order chi connectivity index (χ1) is 13.9. The Morgan fingerprint density at radius 1 is 1.03 bits per heavy atom. The maximum absolute atomic E-state index is 12.6. The zero-order valence-corrected chi connectivity index (χ0v) is 16.6. The van der Waals surface area contributed by atoms with Gasteiger partial charge >= 0.3 is 5.97 Å². The molecule has 0 aliphatic rings. The molecule has 29 heavy (non-hydrogen) atoms. The van der Waals surface area contributed by atoms with E-state index in [-0.39, 0.29) is 24.8 Å². The molecule has 0 fully saturated rings. The highest BCUT2D eigenvalue weighted by molar-refractivity contribution is 6.06. The van der Waals surface area contributed by atoms with Crippen LogP contribution in [0.15, 0.2) is 42.5 Å². The molecule has 0 aliphatic heterocycles. The van der Waals surface area contributed by atoms with Gasteiger partial charge in [-0.2, -0.15) is 0 Å². The van der Waals surface area contributed by atoms with E-state index < -0.39 is 5.97 Å². The molecule has 2 aromatic carbocycles. The Labute approximate surface area is 168 Å². The topological polar surface area (TPSA) is 100 Å². The lowest BCUT2D eigenvalue weighted by atomic mass is 10.1. The number of carbonyl (C=O) groups is 3. The lowest BCUT2D eigenvalue weighted by Gasteiger charge is -2.08. The second kappa shape index (κ2) is 8.60. The quantitative estimate of drug-likeness (QED) is 0.561. The molecule has 0 unspecified atom stereocenters. The Bertz CT molecular complexity index is 1070. The van der Waals surface area contributed by atoms with Gasteiger partial charge in [-0.25, -0.2) is 0 Å². The summed E-state index contributed by atoms with van der Waals surface area (Å²) in [7, 11) is 1.26. The van der Waals surface area contributed by atoms with Crippen molar-refractivity contribution in [1.29, 1.82) is 0 Å². The summed E-state index contributed by atoms with van der Waals surface area (Å²) in [5.74, 6) is -0.981. The molecule has 7 nitrogen and oxygen atoms in total. The largest absolute Gasteiger partial charge is 0.468 e. The third-order valence-electron chi connectivity index (χ3n) is 4.80. The van der Waals surface area contributed by atoms with Crippen molar-refractivity contribution in [3.05, 3.63) is 64.8 Å². The number of aryl methyl sites for hydroxylation is 2. The molecule has 3 rings (SSSR count). The zero-order valence-electron chi connectivity index (χ0n) is 16.6. The number of nitrogens with one attached hydrogen (secondary N) is 3. The van der Waals surface area contributed by atoms with Crippen LogP contribution in [-0.2, 0) is 20.7 Å². The number of H-pyrrole nitrogens is 1. The van der Waals surface area contributed by atoms with E-state index in [0.29, 0.717) is 11.3 Å². The van der Waals surface area contributed by atoms with Gasteiger partial charge in [0.1, 0.15) is 6.54 Å². The minimum atomic E-state index is -0.500. The number of benzene rings is 2. The number of methoxy groups -OCH3 is 1. The predicted molar refractivity (Wildman–Crippen MR) is 111 cm³/mol. The molecule has 3 N–H and O–H groups in total. The van der Waals surface area contributed by atoms with Crippen LogP contribution in [-0.4, -0.2) is 36.4 Å². The number of aromatic amines is 1. The van der Waals surface area contributed by atoms with Crippen LogP contribution >= 0.6 is 0 Å². The van der Waals surface area contributed by atoms with Crippen LogP contribution in [0, 0.1) is 13.8 Å². The van der Waals surface area contributed by atoms with Gasteiger partial charge in [0.25, 0.3) is 5.91 Å². The molecular weight excluding hydrogens is 370 g/mol. The summed E-state index contributed by atoms with van der Waals surface area (Å²) in [6.45, 7) is 3.87. The molecule has 0 saturated carbocycles. The third kappa shape index (κ3) is 4.82. The highest BCUT2D eigenvalue weighted by Crippen LogP contribution is 2.23. The second-order valence-electron chi connectivity index (χ2n) is 6.82. The Balaban J connectivity index is 1.62. The van der Waals surface area contributed by atoms with Crippen molar-refractivity contribution in [3.63, 3.8) is 0 Å². The molecule has 2 amide bonds. The van der Waals surface area contributed by atoms with Crippen molar-refractivity contribution in [2.75, 3.05) is 19.0 Å². The lowest BCUT2D eigenvalue weighted by molar-refractivity contribution is -0.141. The summed E-state index contributed by atoms with van der Waals surface area (Å²) >= 11 is 0. The summed E-state index contributed by atoms with van der Waals surface area (Å²) in [6, 6.07) is 12.6. The summed E-state index contributed by atoms with van der Waals surface area (Å²) < 4.78 is 4.48. The molecule has 0 atom stereocenters. The number of carbonyl (C=O) groups excluding carboxylic acids is 3. The maximum Gasteiger partial charge on any atom is 0.325 e. The summed E-state index contributed by atoms with van der Waals surface area (Å²) in [6.07, 6.45) is 0.133. The van der Waals surface area contributed by atoms with Crippen LogP contribution < -0.4 is 10.6 Å². The molecule has 0 aliphatic carbocycles. The van der Waals surface area contributed by atoms with Gasteiger partial charge in [-0.3, -0.25) is 14.4 Å². The Morgan fingerprint density at radius 2 is 1.76 bits per heavy atom. The highest BCUT2D eigenvalue weighted by atomic mass is 16.5. The summed E-state index contributed by atoms with van der Waals surface area (Å²) in [5, 5.41) is 6.38. The number of hydrogen-bond donors (Lipinski definition) is 3. The van der Waals surface area contributed by atoms with E-state index in [1.54, 1.807) is 30.3 Å². The van der Waals surface area contributed by atoms with Gasteiger partial charge < -0.3 is 20.4 Å². The average Bonchev–Trinajstić information content (AvgIpc) is 3.00. The summed E-state index contributed by atoms with van der Waals surface area (Å²) in [4.78, 5) is 38.8. The maximum atomic E-state index is 12.6. The molecule has 3 aromatic rings. The van der Waals surface area contributed by atoms with E-state index in [1.807, 2.05) is 26.0 Å². The highest BCUT2D eigenvalue weighted by Gasteiger charge is 2.11. The summed E-state index contributed by atoms with van der Waals surface area (Å²) in [5.41, 5.74) is 5.20. The number of aromatic nitrogens is 1. The number of anilines is 1. The van der Waals surface area contributed by atoms with Crippen LogP contribution in [0.25, 0.3) is 10.9 Å².